The van der Waals surface area contributed by atoms with Crippen molar-refractivity contribution in [2.45, 2.75) is 12.8 Å². The molecule has 1 aromatic carbocycles. The number of nitrogens with one attached hydrogen (secondary N) is 2. The molecule has 0 saturated carbocycles. The van der Waals surface area contributed by atoms with Crippen LogP contribution in [0.15, 0.2) is 52.8 Å². The number of fused-ring (bicyclic) bond motifs is 1. The molecule has 0 spiro atoms. The van der Waals surface area contributed by atoms with Gasteiger partial charge in [-0.15, -0.1) is 0 Å². The minimum absolute atomic E-state index is 0.0617. The molecular weight excluding hydrogens is 294 g/mol. The first-order valence-electron chi connectivity index (χ1n) is 7.23. The van der Waals surface area contributed by atoms with Crippen molar-refractivity contribution in [3.63, 3.8) is 0 Å². The van der Waals surface area contributed by atoms with Crippen LogP contribution >= 0.6 is 0 Å². The average Bonchev–Trinajstić information content (AvgIpc) is 2.98. The maximum Gasteiger partial charge on any atom is 0.250 e. The molecule has 0 unspecified atom stereocenters. The third-order valence-electron chi connectivity index (χ3n) is 3.82. The summed E-state index contributed by atoms with van der Waals surface area (Å²) >= 11 is 0. The van der Waals surface area contributed by atoms with E-state index in [1.54, 1.807) is 12.5 Å². The van der Waals surface area contributed by atoms with Gasteiger partial charge in [-0.25, -0.2) is 10.4 Å². The summed E-state index contributed by atoms with van der Waals surface area (Å²) in [5, 5.41) is 4.10. The van der Waals surface area contributed by atoms with E-state index in [0.717, 1.165) is 28.0 Å². The second-order valence-corrected chi connectivity index (χ2v) is 5.32. The van der Waals surface area contributed by atoms with E-state index in [-0.39, 0.29) is 11.5 Å². The van der Waals surface area contributed by atoms with Crippen molar-refractivity contribution in [2.75, 3.05) is 0 Å². The minimum atomic E-state index is -0.159. The van der Waals surface area contributed by atoms with Gasteiger partial charge in [0, 0.05) is 30.7 Å². The lowest BCUT2D eigenvalue weighted by molar-refractivity contribution is -0.121. The lowest BCUT2D eigenvalue weighted by Gasteiger charge is -2.12. The van der Waals surface area contributed by atoms with Gasteiger partial charge in [0.1, 0.15) is 6.33 Å². The number of imidazole rings is 1. The molecule has 0 radical (unpaired) electrons. The van der Waals surface area contributed by atoms with Gasteiger partial charge in [0.05, 0.1) is 22.4 Å². The largest absolute Gasteiger partial charge is 0.329 e. The fraction of sp³-hybridized carbons (Fsp3) is 0.125. The van der Waals surface area contributed by atoms with E-state index in [1.807, 2.05) is 28.8 Å². The quantitative estimate of drug-likeness (QED) is 0.748. The predicted molar refractivity (Wildman–Crippen MR) is 85.6 cm³/mol. The van der Waals surface area contributed by atoms with E-state index in [4.69, 9.17) is 0 Å². The molecule has 0 atom stereocenters. The van der Waals surface area contributed by atoms with Gasteiger partial charge >= 0.3 is 0 Å². The topological polar surface area (TPSA) is 92.1 Å². The summed E-state index contributed by atoms with van der Waals surface area (Å²) in [7, 11) is 0. The third kappa shape index (κ3) is 2.42. The SMILES string of the molecule is O=C1CCC(c2ccc3c(c2)ncn3-c2cc[nH]c(=O)c2)=NN1. The Hall–Kier alpha value is -3.22. The summed E-state index contributed by atoms with van der Waals surface area (Å²) in [6, 6.07) is 9.17. The summed E-state index contributed by atoms with van der Waals surface area (Å²) in [5.74, 6) is -0.0617. The molecule has 7 nitrogen and oxygen atoms in total. The van der Waals surface area contributed by atoms with Crippen LogP contribution in [0.4, 0.5) is 0 Å². The summed E-state index contributed by atoms with van der Waals surface area (Å²) in [4.78, 5) is 29.6. The second kappa shape index (κ2) is 5.20. The van der Waals surface area contributed by atoms with E-state index >= 15 is 0 Å². The fourth-order valence-electron chi connectivity index (χ4n) is 2.66. The maximum atomic E-state index is 11.5. The lowest BCUT2D eigenvalue weighted by Crippen LogP contribution is -2.25. The number of hydrogen-bond donors (Lipinski definition) is 2. The Morgan fingerprint density at radius 1 is 1.09 bits per heavy atom. The Labute approximate surface area is 130 Å². The van der Waals surface area contributed by atoms with Crippen LogP contribution in [0.3, 0.4) is 0 Å². The molecule has 7 heteroatoms. The molecule has 0 aliphatic carbocycles. The Kier molecular flexibility index (Phi) is 3.04. The van der Waals surface area contributed by atoms with Crippen molar-refractivity contribution in [1.82, 2.24) is 20.0 Å². The van der Waals surface area contributed by atoms with Crippen molar-refractivity contribution < 1.29 is 4.79 Å². The third-order valence-corrected chi connectivity index (χ3v) is 3.82. The summed E-state index contributed by atoms with van der Waals surface area (Å²) in [6.07, 6.45) is 4.36. The van der Waals surface area contributed by atoms with E-state index in [1.165, 1.54) is 6.07 Å². The van der Waals surface area contributed by atoms with Crippen molar-refractivity contribution in [3.05, 3.63) is 58.8 Å². The number of rotatable bonds is 2. The van der Waals surface area contributed by atoms with Crippen molar-refractivity contribution >= 4 is 22.7 Å². The monoisotopic (exact) mass is 307 g/mol. The number of aromatic nitrogens is 3. The van der Waals surface area contributed by atoms with Crippen LogP contribution in [0.25, 0.3) is 16.7 Å². The molecule has 0 bridgehead atoms. The van der Waals surface area contributed by atoms with Crippen LogP contribution in [-0.2, 0) is 4.79 Å². The van der Waals surface area contributed by atoms with Gasteiger partial charge in [0.25, 0.3) is 0 Å². The highest BCUT2D eigenvalue weighted by molar-refractivity contribution is 6.05. The Bertz CT molecular complexity index is 999. The number of H-pyrrole nitrogens is 1. The van der Waals surface area contributed by atoms with Crippen molar-refractivity contribution in [2.24, 2.45) is 5.10 Å². The molecule has 1 amide bonds. The standard InChI is InChI=1S/C16H13N5O2/c22-15-4-2-12(19-20-15)10-1-3-14-13(7-10)18-9-21(14)11-5-6-17-16(23)8-11/h1,3,5-9H,2,4H2,(H,17,23)(H,20,22). The predicted octanol–water partition coefficient (Wildman–Crippen LogP) is 1.33. The smallest absolute Gasteiger partial charge is 0.250 e. The number of amides is 1. The Morgan fingerprint density at radius 2 is 2.00 bits per heavy atom. The zero-order chi connectivity index (χ0) is 15.8. The number of benzene rings is 1. The number of hydrazone groups is 1. The molecule has 1 aliphatic rings. The summed E-state index contributed by atoms with van der Waals surface area (Å²) in [6.45, 7) is 0. The minimum Gasteiger partial charge on any atom is -0.329 e. The van der Waals surface area contributed by atoms with Gasteiger partial charge < -0.3 is 4.98 Å². The Balaban J connectivity index is 1.77. The molecule has 0 saturated heterocycles. The summed E-state index contributed by atoms with van der Waals surface area (Å²) < 4.78 is 1.86. The van der Waals surface area contributed by atoms with Crippen LogP contribution < -0.4 is 11.0 Å². The molecule has 2 N–H and O–H groups in total. The van der Waals surface area contributed by atoms with E-state index in [0.29, 0.717) is 12.8 Å². The van der Waals surface area contributed by atoms with Gasteiger partial charge in [-0.2, -0.15) is 5.10 Å². The van der Waals surface area contributed by atoms with Crippen molar-refractivity contribution in [3.8, 4) is 5.69 Å². The maximum absolute atomic E-state index is 11.5. The molecule has 0 fully saturated rings. The molecule has 114 valence electrons. The normalized spacial score (nSPS) is 14.6. The highest BCUT2D eigenvalue weighted by Gasteiger charge is 2.14. The highest BCUT2D eigenvalue weighted by Crippen LogP contribution is 2.20. The zero-order valence-electron chi connectivity index (χ0n) is 12.1. The fourth-order valence-corrected chi connectivity index (χ4v) is 2.66. The van der Waals surface area contributed by atoms with E-state index in [2.05, 4.69) is 20.5 Å². The van der Waals surface area contributed by atoms with Crippen LogP contribution in [0, 0.1) is 0 Å². The number of nitrogens with zero attached hydrogens (tertiary/aromatic N) is 3. The van der Waals surface area contributed by atoms with Gasteiger partial charge in [0.15, 0.2) is 0 Å². The van der Waals surface area contributed by atoms with Gasteiger partial charge in [0.2, 0.25) is 11.5 Å². The average molecular weight is 307 g/mol. The lowest BCUT2D eigenvalue weighted by atomic mass is 10.0. The zero-order valence-corrected chi connectivity index (χ0v) is 12.1. The molecular formula is C16H13N5O2. The highest BCUT2D eigenvalue weighted by atomic mass is 16.2. The van der Waals surface area contributed by atoms with Crippen LogP contribution in [0.2, 0.25) is 0 Å². The number of aromatic amines is 1. The first-order valence-corrected chi connectivity index (χ1v) is 7.23. The van der Waals surface area contributed by atoms with Gasteiger partial charge in [-0.05, 0) is 18.2 Å². The Morgan fingerprint density at radius 3 is 2.78 bits per heavy atom. The van der Waals surface area contributed by atoms with Crippen molar-refractivity contribution in [1.29, 1.82) is 0 Å². The molecule has 2 aromatic heterocycles. The molecule has 1 aliphatic heterocycles. The van der Waals surface area contributed by atoms with Crippen LogP contribution in [0.5, 0.6) is 0 Å². The van der Waals surface area contributed by atoms with Crippen LogP contribution in [0.1, 0.15) is 18.4 Å². The first kappa shape index (κ1) is 13.4. The number of carbonyl (C=O) groups excluding carboxylic acids is 1. The van der Waals surface area contributed by atoms with E-state index < -0.39 is 0 Å². The number of hydrogen-bond acceptors (Lipinski definition) is 4. The van der Waals surface area contributed by atoms with Crippen LogP contribution in [-0.4, -0.2) is 26.2 Å². The number of carbonyl (C=O) groups is 1. The van der Waals surface area contributed by atoms with E-state index in [9.17, 15) is 9.59 Å². The molecule has 3 aromatic rings. The molecule has 23 heavy (non-hydrogen) atoms. The van der Waals surface area contributed by atoms with Gasteiger partial charge in [-0.1, -0.05) is 6.07 Å². The first-order chi connectivity index (χ1) is 11.2. The number of pyridine rings is 1. The summed E-state index contributed by atoms with van der Waals surface area (Å²) in [5.41, 5.74) is 6.59. The molecule has 3 heterocycles. The second-order valence-electron chi connectivity index (χ2n) is 5.32. The molecule has 4 rings (SSSR count). The van der Waals surface area contributed by atoms with Gasteiger partial charge in [-0.3, -0.25) is 14.2 Å².